The molecular formula is C15H20BrN3O. The van der Waals surface area contributed by atoms with Crippen LogP contribution in [0.1, 0.15) is 25.7 Å². The first-order valence-electron chi connectivity index (χ1n) is 7.28. The van der Waals surface area contributed by atoms with E-state index in [9.17, 15) is 4.79 Å². The van der Waals surface area contributed by atoms with Crippen molar-refractivity contribution in [2.24, 2.45) is 5.92 Å². The fourth-order valence-electron chi connectivity index (χ4n) is 2.84. The van der Waals surface area contributed by atoms with Crippen molar-refractivity contribution in [1.29, 1.82) is 0 Å². The molecule has 0 spiro atoms. The number of amides is 1. The largest absolute Gasteiger partial charge is 0.356 e. The summed E-state index contributed by atoms with van der Waals surface area (Å²) in [5.74, 6) is 1.71. The topological polar surface area (TPSA) is 36.4 Å². The molecular weight excluding hydrogens is 318 g/mol. The molecule has 0 radical (unpaired) electrons. The zero-order valence-electron chi connectivity index (χ0n) is 11.8. The highest BCUT2D eigenvalue weighted by atomic mass is 79.9. The van der Waals surface area contributed by atoms with E-state index < -0.39 is 0 Å². The summed E-state index contributed by atoms with van der Waals surface area (Å²) < 4.78 is 1.01. The Morgan fingerprint density at radius 3 is 2.55 bits per heavy atom. The number of hydrogen-bond donors (Lipinski definition) is 0. The highest BCUT2D eigenvalue weighted by molar-refractivity contribution is 9.10. The van der Waals surface area contributed by atoms with Crippen LogP contribution in [0.25, 0.3) is 0 Å². The van der Waals surface area contributed by atoms with Crippen LogP contribution in [0.5, 0.6) is 0 Å². The second-order valence-electron chi connectivity index (χ2n) is 5.78. The monoisotopic (exact) mass is 337 g/mol. The average Bonchev–Trinajstić information content (AvgIpc) is 3.31. The Morgan fingerprint density at radius 1 is 1.30 bits per heavy atom. The normalized spacial score (nSPS) is 20.0. The quantitative estimate of drug-likeness (QED) is 0.850. The highest BCUT2D eigenvalue weighted by Gasteiger charge is 2.35. The standard InChI is InChI=1S/C15H20BrN3O/c1-18(15(20)11-2-3-11)13-6-8-19(9-7-13)14-5-4-12(16)10-17-14/h4-5,10-11,13H,2-3,6-9H2,1H3. The minimum Gasteiger partial charge on any atom is -0.356 e. The molecule has 1 aliphatic carbocycles. The van der Waals surface area contributed by atoms with Crippen LogP contribution in [0.4, 0.5) is 5.82 Å². The molecule has 1 aliphatic heterocycles. The van der Waals surface area contributed by atoms with Gasteiger partial charge in [0.2, 0.25) is 5.91 Å². The summed E-state index contributed by atoms with van der Waals surface area (Å²) in [5, 5.41) is 0. The lowest BCUT2D eigenvalue weighted by molar-refractivity contribution is -0.133. The molecule has 1 amide bonds. The molecule has 0 bridgehead atoms. The van der Waals surface area contributed by atoms with Crippen LogP contribution >= 0.6 is 15.9 Å². The van der Waals surface area contributed by atoms with Crippen molar-refractivity contribution >= 4 is 27.7 Å². The smallest absolute Gasteiger partial charge is 0.225 e. The summed E-state index contributed by atoms with van der Waals surface area (Å²) in [5.41, 5.74) is 0. The van der Waals surface area contributed by atoms with Crippen LogP contribution < -0.4 is 4.90 Å². The Bertz CT molecular complexity index is 478. The Kier molecular flexibility index (Phi) is 3.96. The van der Waals surface area contributed by atoms with E-state index >= 15 is 0 Å². The van der Waals surface area contributed by atoms with Gasteiger partial charge >= 0.3 is 0 Å². The molecule has 5 heteroatoms. The van der Waals surface area contributed by atoms with Crippen molar-refractivity contribution in [3.8, 4) is 0 Å². The minimum absolute atomic E-state index is 0.325. The first kappa shape index (κ1) is 13.9. The lowest BCUT2D eigenvalue weighted by atomic mass is 10.0. The molecule has 0 aromatic carbocycles. The molecule has 2 fully saturated rings. The molecule has 1 saturated carbocycles. The van der Waals surface area contributed by atoms with Gasteiger partial charge in [-0.2, -0.15) is 0 Å². The van der Waals surface area contributed by atoms with Crippen molar-refractivity contribution in [3.63, 3.8) is 0 Å². The summed E-state index contributed by atoms with van der Waals surface area (Å²) >= 11 is 3.41. The van der Waals surface area contributed by atoms with Crippen molar-refractivity contribution < 1.29 is 4.79 Å². The van der Waals surface area contributed by atoms with Crippen molar-refractivity contribution in [3.05, 3.63) is 22.8 Å². The molecule has 1 aromatic heterocycles. The van der Waals surface area contributed by atoms with Crippen molar-refractivity contribution in [2.75, 3.05) is 25.0 Å². The van der Waals surface area contributed by atoms with Gasteiger partial charge < -0.3 is 9.80 Å². The first-order valence-corrected chi connectivity index (χ1v) is 8.07. The zero-order valence-corrected chi connectivity index (χ0v) is 13.3. The molecule has 2 aliphatic rings. The summed E-state index contributed by atoms with van der Waals surface area (Å²) in [6.45, 7) is 1.95. The van der Waals surface area contributed by atoms with Gasteiger partial charge in [-0.25, -0.2) is 4.98 Å². The van der Waals surface area contributed by atoms with E-state index in [1.807, 2.05) is 30.3 Å². The van der Waals surface area contributed by atoms with Crippen LogP contribution in [-0.4, -0.2) is 42.0 Å². The summed E-state index contributed by atoms with van der Waals surface area (Å²) in [6.07, 6.45) is 6.08. The van der Waals surface area contributed by atoms with Gasteiger partial charge in [0, 0.05) is 42.8 Å². The molecule has 108 valence electrons. The number of hydrogen-bond acceptors (Lipinski definition) is 3. The minimum atomic E-state index is 0.325. The average molecular weight is 338 g/mol. The summed E-state index contributed by atoms with van der Waals surface area (Å²) in [7, 11) is 1.97. The Balaban J connectivity index is 1.56. The number of aromatic nitrogens is 1. The van der Waals surface area contributed by atoms with Gasteiger partial charge in [0.15, 0.2) is 0 Å². The SMILES string of the molecule is CN(C(=O)C1CC1)C1CCN(c2ccc(Br)cn2)CC1. The second kappa shape index (κ2) is 5.72. The van der Waals surface area contributed by atoms with Gasteiger partial charge in [0.05, 0.1) is 0 Å². The van der Waals surface area contributed by atoms with E-state index in [4.69, 9.17) is 0 Å². The zero-order chi connectivity index (χ0) is 14.1. The molecule has 1 aromatic rings. The van der Waals surface area contributed by atoms with E-state index in [0.29, 0.717) is 17.9 Å². The van der Waals surface area contributed by atoms with E-state index in [1.54, 1.807) is 0 Å². The number of anilines is 1. The number of pyridine rings is 1. The first-order chi connectivity index (χ1) is 9.65. The number of carbonyl (C=O) groups is 1. The van der Waals surface area contributed by atoms with Gasteiger partial charge in [-0.15, -0.1) is 0 Å². The Labute approximate surface area is 128 Å². The third-order valence-corrected chi connectivity index (χ3v) is 4.79. The molecule has 1 saturated heterocycles. The fraction of sp³-hybridized carbons (Fsp3) is 0.600. The van der Waals surface area contributed by atoms with Crippen molar-refractivity contribution in [1.82, 2.24) is 9.88 Å². The number of nitrogens with zero attached hydrogens (tertiary/aromatic N) is 3. The van der Waals surface area contributed by atoms with Crippen molar-refractivity contribution in [2.45, 2.75) is 31.7 Å². The van der Waals surface area contributed by atoms with Gasteiger partial charge in [-0.1, -0.05) is 0 Å². The number of halogens is 1. The number of piperidine rings is 1. The maximum Gasteiger partial charge on any atom is 0.225 e. The summed E-state index contributed by atoms with van der Waals surface area (Å²) in [6, 6.07) is 4.47. The predicted molar refractivity (Wildman–Crippen MR) is 82.7 cm³/mol. The van der Waals surface area contributed by atoms with Crippen LogP contribution in [0.3, 0.4) is 0 Å². The molecule has 20 heavy (non-hydrogen) atoms. The molecule has 2 heterocycles. The van der Waals surface area contributed by atoms with E-state index in [2.05, 4.69) is 25.8 Å². The molecule has 0 unspecified atom stereocenters. The van der Waals surface area contributed by atoms with Crippen LogP contribution in [-0.2, 0) is 4.79 Å². The van der Waals surface area contributed by atoms with E-state index in [0.717, 1.165) is 49.1 Å². The van der Waals surface area contributed by atoms with Crippen LogP contribution in [0.15, 0.2) is 22.8 Å². The van der Waals surface area contributed by atoms with Crippen LogP contribution in [0, 0.1) is 5.92 Å². The number of carbonyl (C=O) groups excluding carboxylic acids is 1. The molecule has 0 N–H and O–H groups in total. The van der Waals surface area contributed by atoms with Gasteiger partial charge in [0.1, 0.15) is 5.82 Å². The third kappa shape index (κ3) is 2.97. The highest BCUT2D eigenvalue weighted by Crippen LogP contribution is 2.32. The van der Waals surface area contributed by atoms with Gasteiger partial charge in [-0.05, 0) is 53.7 Å². The van der Waals surface area contributed by atoms with Gasteiger partial charge in [-0.3, -0.25) is 4.79 Å². The predicted octanol–water partition coefficient (Wildman–Crippen LogP) is 2.68. The lowest BCUT2D eigenvalue weighted by Gasteiger charge is -2.37. The van der Waals surface area contributed by atoms with Crippen LogP contribution in [0.2, 0.25) is 0 Å². The summed E-state index contributed by atoms with van der Waals surface area (Å²) in [4.78, 5) is 20.8. The van der Waals surface area contributed by atoms with E-state index in [1.165, 1.54) is 0 Å². The molecule has 0 atom stereocenters. The maximum absolute atomic E-state index is 12.1. The Hall–Kier alpha value is -1.10. The number of rotatable bonds is 3. The van der Waals surface area contributed by atoms with Gasteiger partial charge in [0.25, 0.3) is 0 Å². The Morgan fingerprint density at radius 2 is 2.00 bits per heavy atom. The fourth-order valence-corrected chi connectivity index (χ4v) is 3.07. The lowest BCUT2D eigenvalue weighted by Crippen LogP contribution is -2.46. The third-order valence-electron chi connectivity index (χ3n) is 4.32. The molecule has 3 rings (SSSR count). The molecule has 4 nitrogen and oxygen atoms in total. The second-order valence-corrected chi connectivity index (χ2v) is 6.69. The maximum atomic E-state index is 12.1. The van der Waals surface area contributed by atoms with E-state index in [-0.39, 0.29) is 0 Å².